The topological polar surface area (TPSA) is 89.3 Å². The van der Waals surface area contributed by atoms with Crippen LogP contribution in [0, 0.1) is 10.1 Å². The van der Waals surface area contributed by atoms with E-state index in [1.54, 1.807) is 18.2 Å². The molecule has 0 saturated carbocycles. The summed E-state index contributed by atoms with van der Waals surface area (Å²) in [6.45, 7) is 1.94. The number of anilines is 1. The average Bonchev–Trinajstić information content (AvgIpc) is 2.47. The maximum atomic E-state index is 12.2. The molecule has 0 amide bonds. The molecule has 0 aliphatic carbocycles. The van der Waals surface area contributed by atoms with Crippen LogP contribution < -0.4 is 4.72 Å². The summed E-state index contributed by atoms with van der Waals surface area (Å²) in [5.41, 5.74) is 1.68. The summed E-state index contributed by atoms with van der Waals surface area (Å²) < 4.78 is 27.0. The van der Waals surface area contributed by atoms with Gasteiger partial charge in [0.2, 0.25) is 10.0 Å². The Labute approximate surface area is 129 Å². The number of nitro benzene ring substituents is 1. The standard InChI is InChI=1S/C15H16N2O4S/c1-2-13-7-3-4-9-15(13)16-22(20,21)11-12-6-5-8-14(10-12)17(18)19/h3-10,16H,2,11H2,1H3. The number of hydrogen-bond donors (Lipinski definition) is 1. The Morgan fingerprint density at radius 3 is 2.55 bits per heavy atom. The van der Waals surface area contributed by atoms with Crippen molar-refractivity contribution in [3.05, 3.63) is 69.8 Å². The van der Waals surface area contributed by atoms with Crippen molar-refractivity contribution >= 4 is 21.4 Å². The summed E-state index contributed by atoms with van der Waals surface area (Å²) >= 11 is 0. The van der Waals surface area contributed by atoms with Crippen LogP contribution in [-0.2, 0) is 22.2 Å². The maximum absolute atomic E-state index is 12.2. The van der Waals surface area contributed by atoms with Gasteiger partial charge in [-0.1, -0.05) is 37.3 Å². The van der Waals surface area contributed by atoms with Gasteiger partial charge in [-0.05, 0) is 23.6 Å². The van der Waals surface area contributed by atoms with Crippen LogP contribution in [0.1, 0.15) is 18.1 Å². The highest BCUT2D eigenvalue weighted by Crippen LogP contribution is 2.20. The molecule has 2 aromatic rings. The fraction of sp³-hybridized carbons (Fsp3) is 0.200. The Kier molecular flexibility index (Phi) is 4.77. The molecular weight excluding hydrogens is 304 g/mol. The molecular formula is C15H16N2O4S. The fourth-order valence-corrected chi connectivity index (χ4v) is 3.34. The Balaban J connectivity index is 2.21. The third-order valence-corrected chi connectivity index (χ3v) is 4.39. The molecule has 2 rings (SSSR count). The number of rotatable bonds is 6. The molecule has 0 aliphatic heterocycles. The van der Waals surface area contributed by atoms with Crippen LogP contribution in [0.15, 0.2) is 48.5 Å². The molecule has 7 heteroatoms. The number of para-hydroxylation sites is 1. The van der Waals surface area contributed by atoms with Crippen molar-refractivity contribution in [1.29, 1.82) is 0 Å². The van der Waals surface area contributed by atoms with Crippen molar-refractivity contribution in [2.75, 3.05) is 4.72 Å². The molecule has 0 spiro atoms. The minimum atomic E-state index is -3.64. The van der Waals surface area contributed by atoms with Gasteiger partial charge in [-0.15, -0.1) is 0 Å². The zero-order chi connectivity index (χ0) is 16.2. The van der Waals surface area contributed by atoms with Crippen molar-refractivity contribution < 1.29 is 13.3 Å². The van der Waals surface area contributed by atoms with Gasteiger partial charge in [0.15, 0.2) is 0 Å². The second-order valence-corrected chi connectivity index (χ2v) is 6.52. The third-order valence-electron chi connectivity index (χ3n) is 3.14. The summed E-state index contributed by atoms with van der Waals surface area (Å²) in [4.78, 5) is 10.2. The molecule has 2 aromatic carbocycles. The minimum Gasteiger partial charge on any atom is -0.283 e. The van der Waals surface area contributed by atoms with Crippen molar-refractivity contribution in [1.82, 2.24) is 0 Å². The largest absolute Gasteiger partial charge is 0.283 e. The number of nitrogens with zero attached hydrogens (tertiary/aromatic N) is 1. The fourth-order valence-electron chi connectivity index (χ4n) is 2.11. The van der Waals surface area contributed by atoms with E-state index in [1.807, 2.05) is 19.1 Å². The third kappa shape index (κ3) is 4.05. The van der Waals surface area contributed by atoms with Gasteiger partial charge in [0.05, 0.1) is 16.4 Å². The second kappa shape index (κ2) is 6.57. The summed E-state index contributed by atoms with van der Waals surface area (Å²) in [5.74, 6) is -0.313. The Bertz CT molecular complexity index is 788. The van der Waals surface area contributed by atoms with Crippen molar-refractivity contribution in [2.45, 2.75) is 19.1 Å². The Morgan fingerprint density at radius 1 is 1.14 bits per heavy atom. The smallest absolute Gasteiger partial charge is 0.269 e. The number of non-ortho nitro benzene ring substituents is 1. The molecule has 22 heavy (non-hydrogen) atoms. The van der Waals surface area contributed by atoms with Gasteiger partial charge in [0, 0.05) is 12.1 Å². The first-order valence-corrected chi connectivity index (χ1v) is 8.38. The number of sulfonamides is 1. The first-order chi connectivity index (χ1) is 10.4. The van der Waals surface area contributed by atoms with Gasteiger partial charge < -0.3 is 0 Å². The van der Waals surface area contributed by atoms with E-state index in [0.29, 0.717) is 17.7 Å². The van der Waals surface area contributed by atoms with Crippen LogP contribution in [0.25, 0.3) is 0 Å². The number of nitro groups is 1. The molecule has 1 N–H and O–H groups in total. The Morgan fingerprint density at radius 2 is 1.86 bits per heavy atom. The zero-order valence-corrected chi connectivity index (χ0v) is 12.8. The van der Waals surface area contributed by atoms with Crippen LogP contribution in [0.5, 0.6) is 0 Å². The SMILES string of the molecule is CCc1ccccc1NS(=O)(=O)Cc1cccc([N+](=O)[O-])c1. The summed E-state index contributed by atoms with van der Waals surface area (Å²) in [6, 6.07) is 12.8. The monoisotopic (exact) mass is 320 g/mol. The molecule has 0 unspecified atom stereocenters. The number of benzene rings is 2. The predicted molar refractivity (Wildman–Crippen MR) is 85.2 cm³/mol. The van der Waals surface area contributed by atoms with E-state index in [-0.39, 0.29) is 11.4 Å². The van der Waals surface area contributed by atoms with E-state index >= 15 is 0 Å². The van der Waals surface area contributed by atoms with Crippen LogP contribution in [0.3, 0.4) is 0 Å². The summed E-state index contributed by atoms with van der Waals surface area (Å²) in [6.07, 6.45) is 0.704. The highest BCUT2D eigenvalue weighted by molar-refractivity contribution is 7.91. The van der Waals surface area contributed by atoms with Gasteiger partial charge in [-0.3, -0.25) is 14.8 Å². The lowest BCUT2D eigenvalue weighted by Gasteiger charge is -2.11. The van der Waals surface area contributed by atoms with E-state index in [0.717, 1.165) is 5.56 Å². The molecule has 0 saturated heterocycles. The lowest BCUT2D eigenvalue weighted by molar-refractivity contribution is -0.384. The van der Waals surface area contributed by atoms with Gasteiger partial charge in [-0.25, -0.2) is 8.42 Å². The molecule has 6 nitrogen and oxygen atoms in total. The van der Waals surface area contributed by atoms with Gasteiger partial charge in [0.1, 0.15) is 0 Å². The van der Waals surface area contributed by atoms with Gasteiger partial charge in [0.25, 0.3) is 5.69 Å². The summed E-state index contributed by atoms with van der Waals surface area (Å²) in [5, 5.41) is 10.7. The zero-order valence-electron chi connectivity index (χ0n) is 12.0. The van der Waals surface area contributed by atoms with Crippen molar-refractivity contribution in [3.8, 4) is 0 Å². The average molecular weight is 320 g/mol. The second-order valence-electron chi connectivity index (χ2n) is 4.80. The van der Waals surface area contributed by atoms with Crippen molar-refractivity contribution in [3.63, 3.8) is 0 Å². The van der Waals surface area contributed by atoms with Crippen LogP contribution in [0.2, 0.25) is 0 Å². The van der Waals surface area contributed by atoms with Crippen LogP contribution in [-0.4, -0.2) is 13.3 Å². The van der Waals surface area contributed by atoms with E-state index in [9.17, 15) is 18.5 Å². The highest BCUT2D eigenvalue weighted by Gasteiger charge is 2.15. The van der Waals surface area contributed by atoms with E-state index in [1.165, 1.54) is 18.2 Å². The molecule has 0 heterocycles. The number of hydrogen-bond acceptors (Lipinski definition) is 4. The van der Waals surface area contributed by atoms with Gasteiger partial charge in [-0.2, -0.15) is 0 Å². The number of nitrogens with one attached hydrogen (secondary N) is 1. The highest BCUT2D eigenvalue weighted by atomic mass is 32.2. The van der Waals surface area contributed by atoms with Crippen molar-refractivity contribution in [2.24, 2.45) is 0 Å². The predicted octanol–water partition coefficient (Wildman–Crippen LogP) is 3.10. The molecule has 0 atom stereocenters. The van der Waals surface area contributed by atoms with Crippen LogP contribution in [0.4, 0.5) is 11.4 Å². The number of aryl methyl sites for hydroxylation is 1. The first kappa shape index (κ1) is 16.0. The maximum Gasteiger partial charge on any atom is 0.269 e. The lowest BCUT2D eigenvalue weighted by Crippen LogP contribution is -2.16. The Hall–Kier alpha value is -2.41. The van der Waals surface area contributed by atoms with Gasteiger partial charge >= 0.3 is 0 Å². The molecule has 0 bridgehead atoms. The lowest BCUT2D eigenvalue weighted by atomic mass is 10.1. The molecule has 0 radical (unpaired) electrons. The van der Waals surface area contributed by atoms with Crippen LogP contribution >= 0.6 is 0 Å². The summed E-state index contributed by atoms with van der Waals surface area (Å²) in [7, 11) is -3.64. The van der Waals surface area contributed by atoms with E-state index in [2.05, 4.69) is 4.72 Å². The van der Waals surface area contributed by atoms with E-state index in [4.69, 9.17) is 0 Å². The molecule has 0 aromatic heterocycles. The minimum absolute atomic E-state index is 0.123. The first-order valence-electron chi connectivity index (χ1n) is 6.73. The normalized spacial score (nSPS) is 11.1. The van der Waals surface area contributed by atoms with E-state index < -0.39 is 14.9 Å². The molecule has 0 fully saturated rings. The molecule has 116 valence electrons. The molecule has 0 aliphatic rings. The quantitative estimate of drug-likeness (QED) is 0.654.